The van der Waals surface area contributed by atoms with Gasteiger partial charge in [0.2, 0.25) is 0 Å². The highest BCUT2D eigenvalue weighted by Gasteiger charge is 1.57. The molecule has 0 aliphatic rings. The van der Waals surface area contributed by atoms with Crippen LogP contribution in [0, 0.1) is 50.6 Å². The monoisotopic (exact) mass is 488 g/mol. The van der Waals surface area contributed by atoms with Crippen LogP contribution in [0.2, 0.25) is 0 Å². The van der Waals surface area contributed by atoms with Gasteiger partial charge in [-0.05, 0) is 0 Å². The van der Waals surface area contributed by atoms with E-state index in [0.717, 1.165) is 0 Å². The predicted molar refractivity (Wildman–Crippen MR) is 64.9 cm³/mol. The summed E-state index contributed by atoms with van der Waals surface area (Å²) >= 11 is 0. The molecule has 0 aromatic heterocycles. The molecule has 0 atom stereocenters. The molecule has 0 saturated heterocycles. The van der Waals surface area contributed by atoms with Crippen molar-refractivity contribution < 1.29 is 88.7 Å². The quantitative estimate of drug-likeness (QED) is 0.169. The van der Waals surface area contributed by atoms with Crippen molar-refractivity contribution in [2.24, 2.45) is 0 Å². The summed E-state index contributed by atoms with van der Waals surface area (Å²) in [4.78, 5) is 40.6. The van der Waals surface area contributed by atoms with Gasteiger partial charge in [0, 0.05) is 26.7 Å². The van der Waals surface area contributed by atoms with Gasteiger partial charge in [-0.15, -0.1) is 0 Å². The van der Waals surface area contributed by atoms with E-state index in [2.05, 4.69) is 0 Å². The fourth-order valence-corrected chi connectivity index (χ4v) is 0.385. The summed E-state index contributed by atoms with van der Waals surface area (Å²) < 4.78 is 0. The molecule has 26 heavy (non-hydrogen) atoms. The van der Waals surface area contributed by atoms with E-state index >= 15 is 0 Å². The van der Waals surface area contributed by atoms with Crippen LogP contribution in [0.25, 0.3) is 0 Å². The van der Waals surface area contributed by atoms with E-state index < -0.39 is 0 Å². The molecular formula is C6H11Cl5N5O10-5. The van der Waals surface area contributed by atoms with Gasteiger partial charge in [-0.1, -0.05) is 36.4 Å². The van der Waals surface area contributed by atoms with E-state index in [1.807, 2.05) is 36.4 Å². The van der Waals surface area contributed by atoms with Crippen molar-refractivity contribution in [3.8, 4) is 0 Å². The minimum atomic E-state index is 0. The number of hydrogen-bond acceptors (Lipinski definition) is 10. The number of benzene rings is 1. The lowest BCUT2D eigenvalue weighted by Gasteiger charge is -1.69. The third-order valence-electron chi connectivity index (χ3n) is 0.667. The number of hydrogen-bond donors (Lipinski definition) is 5. The van der Waals surface area contributed by atoms with Crippen molar-refractivity contribution in [3.63, 3.8) is 0 Å². The maximum atomic E-state index is 8.12. The fraction of sp³-hybridized carbons (Fsp3) is 0. The van der Waals surface area contributed by atoms with Crippen LogP contribution in [0.1, 0.15) is 0 Å². The van der Waals surface area contributed by atoms with E-state index in [9.17, 15) is 0 Å². The molecule has 0 heterocycles. The SMILES string of the molecule is O=[NH+][O-].O=[NH+][O-].O=[NH+][O-].O=[NH+][O-].O=[NH+][O-].[Cl-].[Cl-].[Cl-].[Cl-].[Cl-].c1ccccc1. The second-order valence-corrected chi connectivity index (χ2v) is 1.57. The fourth-order valence-electron chi connectivity index (χ4n) is 0.385. The maximum absolute atomic E-state index is 8.12. The van der Waals surface area contributed by atoms with Crippen LogP contribution < -0.4 is 88.7 Å². The Labute approximate surface area is 175 Å². The zero-order valence-electron chi connectivity index (χ0n) is 11.9. The Morgan fingerprint density at radius 1 is 0.346 bits per heavy atom. The molecule has 160 valence electrons. The summed E-state index contributed by atoms with van der Waals surface area (Å²) in [6.45, 7) is 0. The minimum absolute atomic E-state index is 0. The van der Waals surface area contributed by atoms with Crippen LogP contribution in [0.15, 0.2) is 36.4 Å². The molecule has 15 nitrogen and oxygen atoms in total. The van der Waals surface area contributed by atoms with Crippen molar-refractivity contribution in [1.82, 2.24) is 0 Å². The first-order valence-corrected chi connectivity index (χ1v) is 4.04. The van der Waals surface area contributed by atoms with Gasteiger partial charge < -0.3 is 62.0 Å². The lowest BCUT2D eigenvalue weighted by Crippen LogP contribution is -3.00. The van der Waals surface area contributed by atoms with E-state index in [4.69, 9.17) is 50.6 Å². The highest BCUT2D eigenvalue weighted by Crippen LogP contribution is 1.79. The first kappa shape index (κ1) is 65.1. The molecule has 0 spiro atoms. The first-order valence-electron chi connectivity index (χ1n) is 4.04. The Morgan fingerprint density at radius 2 is 0.385 bits per heavy atom. The van der Waals surface area contributed by atoms with Gasteiger partial charge in [0.05, 0.1) is 0 Å². The molecule has 5 N–H and O–H groups in total. The van der Waals surface area contributed by atoms with Gasteiger partial charge in [-0.2, -0.15) is 0 Å². The van der Waals surface area contributed by atoms with Gasteiger partial charge in [0.25, 0.3) is 0 Å². The standard InChI is InChI=1S/C6H6.5ClH.5HNO2/c1-2-4-6-5-3-1;;;;;;5*2-1-3/h1-6H;5*1H;5*1H/p-5. The molecule has 1 aromatic rings. The molecule has 1 rings (SSSR count). The van der Waals surface area contributed by atoms with E-state index in [0.29, 0.717) is 0 Å². The summed E-state index contributed by atoms with van der Waals surface area (Å²) in [7, 11) is 0. The second kappa shape index (κ2) is 142. The molecule has 0 saturated carbocycles. The van der Waals surface area contributed by atoms with Crippen molar-refractivity contribution in [1.29, 1.82) is 0 Å². The van der Waals surface area contributed by atoms with Crippen molar-refractivity contribution in [2.45, 2.75) is 0 Å². The normalized spacial score (nSPS) is 4.15. The van der Waals surface area contributed by atoms with Crippen LogP contribution >= 0.6 is 0 Å². The number of halogens is 5. The zero-order valence-corrected chi connectivity index (χ0v) is 15.7. The molecule has 0 amide bonds. The van der Waals surface area contributed by atoms with Crippen LogP contribution in [0.4, 0.5) is 0 Å². The summed E-state index contributed by atoms with van der Waals surface area (Å²) in [6, 6.07) is 12.0. The number of nitrogens with one attached hydrogen (secondary N) is 5. The Hall–Kier alpha value is -2.33. The maximum Gasteiger partial charge on any atom is 0.00366 e. The Morgan fingerprint density at radius 3 is 0.423 bits per heavy atom. The van der Waals surface area contributed by atoms with Gasteiger partial charge in [-0.3, -0.25) is 50.6 Å². The van der Waals surface area contributed by atoms with Crippen LogP contribution in [-0.2, 0) is 0 Å². The van der Waals surface area contributed by atoms with Crippen molar-refractivity contribution >= 4 is 0 Å². The lowest BCUT2D eigenvalue weighted by atomic mass is 10.4. The molecule has 0 fully saturated rings. The van der Waals surface area contributed by atoms with E-state index in [1.165, 1.54) is 0 Å². The molecule has 0 unspecified atom stereocenters. The molecule has 0 bridgehead atoms. The van der Waals surface area contributed by atoms with Gasteiger partial charge >= 0.3 is 0 Å². The topological polar surface area (TPSA) is 270 Å². The smallest absolute Gasteiger partial charge is 0.00366 e. The average Bonchev–Trinajstić information content (AvgIpc) is 2.45. The third-order valence-corrected chi connectivity index (χ3v) is 0.667. The summed E-state index contributed by atoms with van der Waals surface area (Å²) in [6.07, 6.45) is 0. The minimum Gasteiger partial charge on any atom is -1.00 e. The van der Waals surface area contributed by atoms with Gasteiger partial charge in [0.15, 0.2) is 0 Å². The largest absolute Gasteiger partial charge is 1.00 e. The second-order valence-electron chi connectivity index (χ2n) is 1.57. The average molecular weight is 490 g/mol. The Balaban J connectivity index is -0.0000000147. The lowest BCUT2D eigenvalue weighted by molar-refractivity contribution is -0.399. The van der Waals surface area contributed by atoms with E-state index in [1.54, 1.807) is 0 Å². The van der Waals surface area contributed by atoms with Crippen molar-refractivity contribution in [2.75, 3.05) is 0 Å². The number of rotatable bonds is 0. The van der Waals surface area contributed by atoms with Crippen LogP contribution in [-0.4, -0.2) is 0 Å². The van der Waals surface area contributed by atoms with Crippen LogP contribution in [0.3, 0.4) is 0 Å². The van der Waals surface area contributed by atoms with Gasteiger partial charge in [0.1, 0.15) is 0 Å². The Bertz CT molecular complexity index is 256. The van der Waals surface area contributed by atoms with E-state index in [-0.39, 0.29) is 88.7 Å². The van der Waals surface area contributed by atoms with Gasteiger partial charge in [-0.25, -0.2) is 0 Å². The van der Waals surface area contributed by atoms with Crippen molar-refractivity contribution in [3.05, 3.63) is 87.0 Å². The summed E-state index contributed by atoms with van der Waals surface area (Å²) in [5, 5.41) is 41.9. The highest BCUT2D eigenvalue weighted by molar-refractivity contribution is 4.99. The molecule has 0 aliphatic heterocycles. The molecule has 1 aromatic carbocycles. The van der Waals surface area contributed by atoms with Crippen LogP contribution in [0.5, 0.6) is 0 Å². The first-order chi connectivity index (χ1) is 10.1. The molecule has 0 radical (unpaired) electrons. The predicted octanol–water partition coefficient (Wildman–Crippen LogP) is -21.6. The summed E-state index contributed by atoms with van der Waals surface area (Å²) in [5.74, 6) is 0. The molecule has 20 heteroatoms. The molecule has 0 aliphatic carbocycles. The third kappa shape index (κ3) is 687. The summed E-state index contributed by atoms with van der Waals surface area (Å²) in [5.41, 5.74) is 0. The zero-order chi connectivity index (χ0) is 17.8. The molecular weight excluding hydrogens is 479 g/mol. The highest BCUT2D eigenvalue weighted by atomic mass is 35.5. The Kier molecular flexibility index (Phi) is 355.